The molecule has 0 radical (unpaired) electrons. The molecule has 0 spiro atoms. The lowest BCUT2D eigenvalue weighted by Crippen LogP contribution is -2.45. The summed E-state index contributed by atoms with van der Waals surface area (Å²) in [6, 6.07) is 14.2. The molecule has 0 bridgehead atoms. The largest absolute Gasteiger partial charge is 0.486 e. The number of carboxylic acids is 2. The second kappa shape index (κ2) is 10.0. The molecule has 3 rings (SSSR count). The molecule has 1 heterocycles. The Morgan fingerprint density at radius 2 is 1.72 bits per heavy atom. The van der Waals surface area contributed by atoms with Crippen LogP contribution in [0.3, 0.4) is 0 Å². The molecule has 10 nitrogen and oxygen atoms in total. The van der Waals surface area contributed by atoms with Gasteiger partial charge in [0.2, 0.25) is 0 Å². The van der Waals surface area contributed by atoms with Gasteiger partial charge in [-0.2, -0.15) is 0 Å². The first kappa shape index (κ1) is 21.6. The van der Waals surface area contributed by atoms with Crippen LogP contribution in [0.1, 0.15) is 12.5 Å². The highest BCUT2D eigenvalue weighted by Gasteiger charge is 2.25. The number of hydrogen-bond acceptors (Lipinski definition) is 7. The van der Waals surface area contributed by atoms with E-state index in [-0.39, 0.29) is 17.8 Å². The number of para-hydroxylation sites is 2. The van der Waals surface area contributed by atoms with Gasteiger partial charge in [0, 0.05) is 24.7 Å². The number of non-ortho nitro benzene ring substituents is 1. The Hall–Kier alpha value is -3.66. The standard InChI is InChI=1S/C17H18N2O4.C2H2O4/c1-12(17-11-22-15-4-2-3-5-16(15)23-17)18-10-13-6-8-14(9-7-13)19(20)21;3-1(4)2(5)6/h2-9,12,17-18H,10-11H2,1H3;(H,3,4)(H,5,6). The summed E-state index contributed by atoms with van der Waals surface area (Å²) in [5, 5.41) is 28.8. The monoisotopic (exact) mass is 404 g/mol. The Balaban J connectivity index is 0.000000438. The third kappa shape index (κ3) is 6.47. The lowest BCUT2D eigenvalue weighted by atomic mass is 10.1. The average molecular weight is 404 g/mol. The number of carbonyl (C=O) groups is 2. The van der Waals surface area contributed by atoms with Crippen molar-refractivity contribution in [1.82, 2.24) is 5.32 Å². The Labute approximate surface area is 165 Å². The number of aliphatic carboxylic acids is 2. The number of nitrogens with one attached hydrogen (secondary N) is 1. The Kier molecular flexibility index (Phi) is 7.49. The first-order valence-electron chi connectivity index (χ1n) is 8.59. The van der Waals surface area contributed by atoms with Crippen molar-refractivity contribution in [2.45, 2.75) is 25.6 Å². The van der Waals surface area contributed by atoms with E-state index in [1.807, 2.05) is 31.2 Å². The normalized spacial score (nSPS) is 15.4. The van der Waals surface area contributed by atoms with Crippen molar-refractivity contribution in [3.05, 3.63) is 64.2 Å². The summed E-state index contributed by atoms with van der Waals surface area (Å²) in [5.41, 5.74) is 1.09. The van der Waals surface area contributed by atoms with Crippen LogP contribution in [0.15, 0.2) is 48.5 Å². The third-order valence-electron chi connectivity index (χ3n) is 4.05. The van der Waals surface area contributed by atoms with Gasteiger partial charge in [-0.3, -0.25) is 10.1 Å². The minimum atomic E-state index is -1.82. The molecule has 3 N–H and O–H groups in total. The van der Waals surface area contributed by atoms with Crippen molar-refractivity contribution in [2.24, 2.45) is 0 Å². The van der Waals surface area contributed by atoms with Crippen LogP contribution in [0.5, 0.6) is 11.5 Å². The van der Waals surface area contributed by atoms with E-state index in [0.29, 0.717) is 13.2 Å². The maximum Gasteiger partial charge on any atom is 0.414 e. The van der Waals surface area contributed by atoms with E-state index in [4.69, 9.17) is 29.3 Å². The number of fused-ring (bicyclic) bond motifs is 1. The van der Waals surface area contributed by atoms with Gasteiger partial charge >= 0.3 is 11.9 Å². The summed E-state index contributed by atoms with van der Waals surface area (Å²) < 4.78 is 11.7. The van der Waals surface area contributed by atoms with Crippen LogP contribution >= 0.6 is 0 Å². The van der Waals surface area contributed by atoms with Crippen molar-refractivity contribution < 1.29 is 34.2 Å². The zero-order chi connectivity index (χ0) is 21.4. The first-order valence-corrected chi connectivity index (χ1v) is 8.59. The highest BCUT2D eigenvalue weighted by molar-refractivity contribution is 6.27. The van der Waals surface area contributed by atoms with E-state index >= 15 is 0 Å². The molecule has 1 aliphatic rings. The highest BCUT2D eigenvalue weighted by Crippen LogP contribution is 2.31. The van der Waals surface area contributed by atoms with Gasteiger partial charge in [-0.1, -0.05) is 24.3 Å². The van der Waals surface area contributed by atoms with Gasteiger partial charge in [0.15, 0.2) is 11.5 Å². The molecule has 2 aromatic carbocycles. The maximum absolute atomic E-state index is 10.6. The van der Waals surface area contributed by atoms with Crippen LogP contribution in [0.2, 0.25) is 0 Å². The number of ether oxygens (including phenoxy) is 2. The molecule has 10 heteroatoms. The van der Waals surface area contributed by atoms with E-state index < -0.39 is 16.9 Å². The second-order valence-electron chi connectivity index (χ2n) is 6.12. The molecule has 0 fully saturated rings. The Morgan fingerprint density at radius 1 is 1.14 bits per heavy atom. The summed E-state index contributed by atoms with van der Waals surface area (Å²) in [6.45, 7) is 3.14. The highest BCUT2D eigenvalue weighted by atomic mass is 16.6. The van der Waals surface area contributed by atoms with Crippen LogP contribution in [0, 0.1) is 10.1 Å². The zero-order valence-electron chi connectivity index (χ0n) is 15.5. The Morgan fingerprint density at radius 3 is 2.28 bits per heavy atom. The number of nitrogens with zero attached hydrogens (tertiary/aromatic N) is 1. The Bertz CT molecular complexity index is 857. The zero-order valence-corrected chi connectivity index (χ0v) is 15.5. The fourth-order valence-electron chi connectivity index (χ4n) is 2.43. The van der Waals surface area contributed by atoms with E-state index in [0.717, 1.165) is 17.1 Å². The molecular weight excluding hydrogens is 384 g/mol. The minimum Gasteiger partial charge on any atom is -0.486 e. The van der Waals surface area contributed by atoms with E-state index in [1.54, 1.807) is 12.1 Å². The van der Waals surface area contributed by atoms with Crippen LogP contribution in [0.4, 0.5) is 5.69 Å². The number of hydrogen-bond donors (Lipinski definition) is 3. The van der Waals surface area contributed by atoms with E-state index in [1.165, 1.54) is 12.1 Å². The molecule has 154 valence electrons. The van der Waals surface area contributed by atoms with Gasteiger partial charge in [-0.05, 0) is 24.6 Å². The molecule has 0 saturated carbocycles. The summed E-state index contributed by atoms with van der Waals surface area (Å²) in [7, 11) is 0. The van der Waals surface area contributed by atoms with E-state index in [9.17, 15) is 10.1 Å². The fourth-order valence-corrected chi connectivity index (χ4v) is 2.43. The van der Waals surface area contributed by atoms with Crippen molar-refractivity contribution in [3.63, 3.8) is 0 Å². The topological polar surface area (TPSA) is 148 Å². The molecule has 0 amide bonds. The van der Waals surface area contributed by atoms with Gasteiger partial charge in [-0.25, -0.2) is 9.59 Å². The van der Waals surface area contributed by atoms with Crippen molar-refractivity contribution in [1.29, 1.82) is 0 Å². The molecule has 1 aliphatic heterocycles. The molecule has 2 atom stereocenters. The SMILES string of the molecule is CC(NCc1ccc([N+](=O)[O-])cc1)C1COc2ccccc2O1.O=C(O)C(=O)O. The maximum atomic E-state index is 10.6. The van der Waals surface area contributed by atoms with Crippen LogP contribution < -0.4 is 14.8 Å². The van der Waals surface area contributed by atoms with Crippen LogP contribution in [-0.2, 0) is 16.1 Å². The number of carboxylic acid groups (broad SMARTS) is 2. The first-order chi connectivity index (χ1) is 13.8. The van der Waals surface area contributed by atoms with Crippen molar-refractivity contribution >= 4 is 17.6 Å². The summed E-state index contributed by atoms with van der Waals surface area (Å²) in [5.74, 6) is -2.12. The molecule has 2 unspecified atom stereocenters. The predicted octanol–water partition coefficient (Wildman–Crippen LogP) is 2.07. The minimum absolute atomic E-state index is 0.0806. The number of nitro benzene ring substituents is 1. The van der Waals surface area contributed by atoms with E-state index in [2.05, 4.69) is 5.32 Å². The number of rotatable bonds is 5. The number of nitro groups is 1. The summed E-state index contributed by atoms with van der Waals surface area (Å²) >= 11 is 0. The second-order valence-corrected chi connectivity index (χ2v) is 6.12. The van der Waals surface area contributed by atoms with Gasteiger partial charge in [0.25, 0.3) is 5.69 Å². The molecule has 0 aliphatic carbocycles. The predicted molar refractivity (Wildman–Crippen MR) is 101 cm³/mol. The molecule has 2 aromatic rings. The molecule has 0 aromatic heterocycles. The lowest BCUT2D eigenvalue weighted by molar-refractivity contribution is -0.384. The smallest absolute Gasteiger partial charge is 0.414 e. The lowest BCUT2D eigenvalue weighted by Gasteiger charge is -2.31. The fraction of sp³-hybridized carbons (Fsp3) is 0.263. The van der Waals surface area contributed by atoms with Gasteiger partial charge in [-0.15, -0.1) is 0 Å². The van der Waals surface area contributed by atoms with Gasteiger partial charge in [0.1, 0.15) is 12.7 Å². The summed E-state index contributed by atoms with van der Waals surface area (Å²) in [4.78, 5) is 28.4. The van der Waals surface area contributed by atoms with Gasteiger partial charge in [0.05, 0.1) is 4.92 Å². The summed E-state index contributed by atoms with van der Waals surface area (Å²) in [6.07, 6.45) is -0.0806. The number of benzene rings is 2. The van der Waals surface area contributed by atoms with Crippen molar-refractivity contribution in [3.8, 4) is 11.5 Å². The molecular formula is C19H20N2O8. The van der Waals surface area contributed by atoms with Gasteiger partial charge < -0.3 is 25.0 Å². The molecule has 29 heavy (non-hydrogen) atoms. The quantitative estimate of drug-likeness (QED) is 0.387. The van der Waals surface area contributed by atoms with Crippen LogP contribution in [0.25, 0.3) is 0 Å². The average Bonchev–Trinajstić information content (AvgIpc) is 2.72. The van der Waals surface area contributed by atoms with Crippen molar-refractivity contribution in [2.75, 3.05) is 6.61 Å². The molecule has 0 saturated heterocycles. The third-order valence-corrected chi connectivity index (χ3v) is 4.05. The van der Waals surface area contributed by atoms with Crippen LogP contribution in [-0.4, -0.2) is 45.8 Å².